The second-order valence-electron chi connectivity index (χ2n) is 5.90. The summed E-state index contributed by atoms with van der Waals surface area (Å²) in [5.74, 6) is 0.843. The van der Waals surface area contributed by atoms with Crippen molar-refractivity contribution in [2.45, 2.75) is 73.3 Å². The molecule has 1 nitrogen and oxygen atoms in total. The Morgan fingerprint density at radius 2 is 1.53 bits per heavy atom. The highest BCUT2D eigenvalue weighted by molar-refractivity contribution is 4.80. The van der Waals surface area contributed by atoms with Gasteiger partial charge in [0.2, 0.25) is 0 Å². The number of hydrogen-bond donors (Lipinski definition) is 1. The quantitative estimate of drug-likeness (QED) is 0.667. The Morgan fingerprint density at radius 1 is 1.00 bits per heavy atom. The molecule has 0 aliphatic rings. The Bertz CT molecular complexity index is 142. The van der Waals surface area contributed by atoms with Gasteiger partial charge in [-0.25, -0.2) is 0 Å². The zero-order chi connectivity index (χ0) is 11.9. The maximum atomic E-state index is 3.73. The fourth-order valence-corrected chi connectivity index (χ4v) is 2.25. The van der Waals surface area contributed by atoms with E-state index in [1.807, 2.05) is 0 Å². The Balaban J connectivity index is 4.28. The topological polar surface area (TPSA) is 12.0 Å². The molecule has 0 fully saturated rings. The van der Waals surface area contributed by atoms with Crippen molar-refractivity contribution in [2.75, 3.05) is 6.54 Å². The van der Waals surface area contributed by atoms with E-state index in [0.717, 1.165) is 12.5 Å². The molecule has 0 radical (unpaired) electrons. The molecule has 92 valence electrons. The summed E-state index contributed by atoms with van der Waals surface area (Å²) in [4.78, 5) is 0. The van der Waals surface area contributed by atoms with Gasteiger partial charge in [-0.2, -0.15) is 0 Å². The number of hydrogen-bond acceptors (Lipinski definition) is 1. The molecule has 0 saturated carbocycles. The lowest BCUT2D eigenvalue weighted by molar-refractivity contribution is 0.237. The van der Waals surface area contributed by atoms with Crippen LogP contribution in [0.15, 0.2) is 0 Å². The van der Waals surface area contributed by atoms with E-state index in [1.54, 1.807) is 0 Å². The summed E-state index contributed by atoms with van der Waals surface area (Å²) >= 11 is 0. The van der Waals surface area contributed by atoms with Gasteiger partial charge < -0.3 is 5.32 Å². The highest BCUT2D eigenvalue weighted by Crippen LogP contribution is 2.27. The minimum Gasteiger partial charge on any atom is -0.314 e. The lowest BCUT2D eigenvalue weighted by Crippen LogP contribution is -2.39. The molecule has 1 N–H and O–H groups in total. The van der Waals surface area contributed by atoms with Gasteiger partial charge in [0.1, 0.15) is 0 Å². The molecule has 0 bridgehead atoms. The van der Waals surface area contributed by atoms with Crippen molar-refractivity contribution >= 4 is 0 Å². The maximum absolute atomic E-state index is 3.73. The summed E-state index contributed by atoms with van der Waals surface area (Å²) in [6.07, 6.45) is 5.13. The summed E-state index contributed by atoms with van der Waals surface area (Å²) in [6.45, 7) is 15.1. The Hall–Kier alpha value is -0.0400. The van der Waals surface area contributed by atoms with Gasteiger partial charge in [-0.1, -0.05) is 54.4 Å². The lowest BCUT2D eigenvalue weighted by Gasteiger charge is -2.32. The van der Waals surface area contributed by atoms with Gasteiger partial charge in [-0.15, -0.1) is 0 Å². The van der Waals surface area contributed by atoms with Gasteiger partial charge in [0.05, 0.1) is 0 Å². The van der Waals surface area contributed by atoms with Crippen LogP contribution in [0.2, 0.25) is 0 Å². The van der Waals surface area contributed by atoms with E-state index in [0.29, 0.717) is 11.5 Å². The van der Waals surface area contributed by atoms with Crippen LogP contribution in [0.25, 0.3) is 0 Å². The van der Waals surface area contributed by atoms with Crippen LogP contribution >= 0.6 is 0 Å². The third-order valence-electron chi connectivity index (χ3n) is 3.11. The van der Waals surface area contributed by atoms with Crippen molar-refractivity contribution in [1.82, 2.24) is 5.32 Å². The first-order valence-electron chi connectivity index (χ1n) is 6.68. The highest BCUT2D eigenvalue weighted by Gasteiger charge is 2.23. The third-order valence-corrected chi connectivity index (χ3v) is 3.11. The molecule has 1 atom stereocenters. The normalized spacial score (nSPS) is 14.6. The SMILES string of the molecule is CCCNC(CC(C)(C)C)C(CC)CC. The van der Waals surface area contributed by atoms with Crippen molar-refractivity contribution in [3.8, 4) is 0 Å². The van der Waals surface area contributed by atoms with Crippen LogP contribution in [0.5, 0.6) is 0 Å². The molecular weight excluding hydrogens is 182 g/mol. The van der Waals surface area contributed by atoms with Crippen molar-refractivity contribution in [3.63, 3.8) is 0 Å². The predicted molar refractivity (Wildman–Crippen MR) is 70.2 cm³/mol. The highest BCUT2D eigenvalue weighted by atomic mass is 14.9. The van der Waals surface area contributed by atoms with Gasteiger partial charge in [0.25, 0.3) is 0 Å². The first-order chi connectivity index (χ1) is 6.94. The van der Waals surface area contributed by atoms with E-state index in [-0.39, 0.29) is 0 Å². The van der Waals surface area contributed by atoms with Crippen LogP contribution in [-0.2, 0) is 0 Å². The molecule has 0 heterocycles. The van der Waals surface area contributed by atoms with E-state index < -0.39 is 0 Å². The van der Waals surface area contributed by atoms with E-state index in [1.165, 1.54) is 25.7 Å². The molecule has 1 unspecified atom stereocenters. The van der Waals surface area contributed by atoms with Crippen molar-refractivity contribution in [2.24, 2.45) is 11.3 Å². The smallest absolute Gasteiger partial charge is 0.0100 e. The Labute approximate surface area is 97.0 Å². The summed E-state index contributed by atoms with van der Waals surface area (Å²) < 4.78 is 0. The Kier molecular flexibility index (Phi) is 7.25. The van der Waals surface area contributed by atoms with Crippen molar-refractivity contribution in [1.29, 1.82) is 0 Å². The fraction of sp³-hybridized carbons (Fsp3) is 1.00. The van der Waals surface area contributed by atoms with Crippen LogP contribution in [0, 0.1) is 11.3 Å². The van der Waals surface area contributed by atoms with Crippen LogP contribution < -0.4 is 5.32 Å². The molecule has 0 saturated heterocycles. The van der Waals surface area contributed by atoms with Gasteiger partial charge in [0, 0.05) is 6.04 Å². The van der Waals surface area contributed by atoms with Crippen LogP contribution in [0.4, 0.5) is 0 Å². The molecular formula is C14H31N. The maximum Gasteiger partial charge on any atom is 0.0100 e. The second kappa shape index (κ2) is 7.27. The van der Waals surface area contributed by atoms with Crippen LogP contribution in [-0.4, -0.2) is 12.6 Å². The monoisotopic (exact) mass is 213 g/mol. The van der Waals surface area contributed by atoms with Crippen molar-refractivity contribution < 1.29 is 0 Å². The molecule has 0 rings (SSSR count). The molecule has 0 spiro atoms. The molecule has 15 heavy (non-hydrogen) atoms. The summed E-state index contributed by atoms with van der Waals surface area (Å²) in [7, 11) is 0. The largest absolute Gasteiger partial charge is 0.314 e. The summed E-state index contributed by atoms with van der Waals surface area (Å²) in [5.41, 5.74) is 0.438. The molecule has 0 aromatic carbocycles. The minimum atomic E-state index is 0.438. The summed E-state index contributed by atoms with van der Waals surface area (Å²) in [5, 5.41) is 3.73. The first kappa shape index (κ1) is 15.0. The van der Waals surface area contributed by atoms with Crippen LogP contribution in [0.3, 0.4) is 0 Å². The average molecular weight is 213 g/mol. The number of rotatable bonds is 7. The standard InChI is InChI=1S/C14H31N/c1-7-10-15-13(11-14(4,5)6)12(8-2)9-3/h12-13,15H,7-11H2,1-6H3. The molecule has 0 amide bonds. The molecule has 1 heteroatoms. The van der Waals surface area contributed by atoms with Crippen molar-refractivity contribution in [3.05, 3.63) is 0 Å². The number of nitrogens with one attached hydrogen (secondary N) is 1. The van der Waals surface area contributed by atoms with E-state index in [2.05, 4.69) is 46.9 Å². The van der Waals surface area contributed by atoms with Gasteiger partial charge in [-0.3, -0.25) is 0 Å². The minimum absolute atomic E-state index is 0.438. The molecule has 0 aromatic rings. The average Bonchev–Trinajstić information content (AvgIpc) is 2.13. The zero-order valence-electron chi connectivity index (χ0n) is 11.7. The second-order valence-corrected chi connectivity index (χ2v) is 5.90. The zero-order valence-corrected chi connectivity index (χ0v) is 11.7. The van der Waals surface area contributed by atoms with Gasteiger partial charge in [0.15, 0.2) is 0 Å². The van der Waals surface area contributed by atoms with Gasteiger partial charge >= 0.3 is 0 Å². The van der Waals surface area contributed by atoms with Crippen LogP contribution in [0.1, 0.15) is 67.2 Å². The Morgan fingerprint density at radius 3 is 1.87 bits per heavy atom. The summed E-state index contributed by atoms with van der Waals surface area (Å²) in [6, 6.07) is 0.708. The lowest BCUT2D eigenvalue weighted by atomic mass is 9.81. The first-order valence-corrected chi connectivity index (χ1v) is 6.68. The molecule has 0 aliphatic carbocycles. The third kappa shape index (κ3) is 6.94. The fourth-order valence-electron chi connectivity index (χ4n) is 2.25. The van der Waals surface area contributed by atoms with E-state index >= 15 is 0 Å². The molecule has 0 aromatic heterocycles. The predicted octanol–water partition coefficient (Wildman–Crippen LogP) is 4.23. The van der Waals surface area contributed by atoms with E-state index in [4.69, 9.17) is 0 Å². The van der Waals surface area contributed by atoms with E-state index in [9.17, 15) is 0 Å². The molecule has 0 aliphatic heterocycles. The van der Waals surface area contributed by atoms with Gasteiger partial charge in [-0.05, 0) is 30.7 Å².